The molecule has 0 unspecified atom stereocenters. The Morgan fingerprint density at radius 3 is 2.48 bits per heavy atom. The van der Waals surface area contributed by atoms with Gasteiger partial charge in [0.25, 0.3) is 5.91 Å². The van der Waals surface area contributed by atoms with Crippen molar-refractivity contribution in [1.29, 1.82) is 0 Å². The van der Waals surface area contributed by atoms with Gasteiger partial charge in [-0.2, -0.15) is 0 Å². The van der Waals surface area contributed by atoms with Gasteiger partial charge in [-0.15, -0.1) is 0 Å². The largest absolute Gasteiger partial charge is 0.496 e. The molecule has 0 atom stereocenters. The van der Waals surface area contributed by atoms with E-state index in [9.17, 15) is 4.79 Å². The number of hydrogen-bond acceptors (Lipinski definition) is 4. The number of nitrogens with zero attached hydrogens (tertiary/aromatic N) is 1. The van der Waals surface area contributed by atoms with Crippen LogP contribution in [0.3, 0.4) is 0 Å². The quantitative estimate of drug-likeness (QED) is 0.448. The Bertz CT molecular complexity index is 1160. The lowest BCUT2D eigenvalue weighted by atomic mass is 10.1. The molecule has 1 amide bonds. The summed E-state index contributed by atoms with van der Waals surface area (Å²) >= 11 is 5.38. The van der Waals surface area contributed by atoms with Crippen LogP contribution >= 0.6 is 12.2 Å². The summed E-state index contributed by atoms with van der Waals surface area (Å²) in [6.45, 7) is 2.35. The minimum absolute atomic E-state index is 0.190. The highest BCUT2D eigenvalue weighted by Crippen LogP contribution is 2.26. The molecule has 0 bridgehead atoms. The third kappa shape index (κ3) is 4.44. The second-order valence-electron chi connectivity index (χ2n) is 7.09. The molecule has 156 valence electrons. The standard InChI is InChI=1S/C25H22N2O3S/c1-17-8-6-7-11-22(17)30-16-19-14-18(12-13-23(19)29-2)15-21-24(28)27(25(31)26-21)20-9-4-3-5-10-20/h3-15H,16H2,1-2H3,(H,26,31)/b21-15+. The smallest absolute Gasteiger partial charge is 0.281 e. The van der Waals surface area contributed by atoms with Gasteiger partial charge in [0, 0.05) is 5.56 Å². The first-order valence-electron chi connectivity index (χ1n) is 9.84. The normalized spacial score (nSPS) is 14.6. The molecule has 1 fully saturated rings. The minimum atomic E-state index is -0.190. The number of aryl methyl sites for hydroxylation is 1. The van der Waals surface area contributed by atoms with Crippen LogP contribution in [0.25, 0.3) is 6.08 Å². The second-order valence-corrected chi connectivity index (χ2v) is 7.48. The number of carbonyl (C=O) groups is 1. The van der Waals surface area contributed by atoms with Crippen LogP contribution in [-0.2, 0) is 11.4 Å². The summed E-state index contributed by atoms with van der Waals surface area (Å²) < 4.78 is 11.5. The molecule has 0 radical (unpaired) electrons. The number of benzene rings is 3. The van der Waals surface area contributed by atoms with Crippen molar-refractivity contribution >= 4 is 35.0 Å². The summed E-state index contributed by atoms with van der Waals surface area (Å²) in [6.07, 6.45) is 1.79. The van der Waals surface area contributed by atoms with E-state index in [0.29, 0.717) is 17.4 Å². The highest BCUT2D eigenvalue weighted by molar-refractivity contribution is 7.80. The zero-order chi connectivity index (χ0) is 21.8. The predicted octanol–water partition coefficient (Wildman–Crippen LogP) is 4.84. The van der Waals surface area contributed by atoms with Crippen molar-refractivity contribution in [2.75, 3.05) is 12.0 Å². The summed E-state index contributed by atoms with van der Waals surface area (Å²) in [4.78, 5) is 14.4. The van der Waals surface area contributed by atoms with Gasteiger partial charge in [-0.3, -0.25) is 9.69 Å². The van der Waals surface area contributed by atoms with Crippen molar-refractivity contribution in [1.82, 2.24) is 5.32 Å². The average molecular weight is 431 g/mol. The van der Waals surface area contributed by atoms with Gasteiger partial charge in [-0.05, 0) is 66.7 Å². The zero-order valence-corrected chi connectivity index (χ0v) is 18.1. The van der Waals surface area contributed by atoms with Gasteiger partial charge in [-0.1, -0.05) is 42.5 Å². The maximum atomic E-state index is 12.9. The molecule has 6 heteroatoms. The first-order valence-corrected chi connectivity index (χ1v) is 10.2. The number of rotatable bonds is 6. The molecule has 1 N–H and O–H groups in total. The highest BCUT2D eigenvalue weighted by atomic mass is 32.1. The van der Waals surface area contributed by atoms with E-state index < -0.39 is 0 Å². The molecule has 0 spiro atoms. The van der Waals surface area contributed by atoms with E-state index in [-0.39, 0.29) is 5.91 Å². The first kappa shape index (κ1) is 20.6. The van der Waals surface area contributed by atoms with Crippen LogP contribution in [0.1, 0.15) is 16.7 Å². The average Bonchev–Trinajstić information content (AvgIpc) is 3.06. The van der Waals surface area contributed by atoms with E-state index in [1.807, 2.05) is 79.7 Å². The van der Waals surface area contributed by atoms with Gasteiger partial charge in [0.2, 0.25) is 0 Å². The Morgan fingerprint density at radius 2 is 1.74 bits per heavy atom. The fourth-order valence-electron chi connectivity index (χ4n) is 3.39. The number of thiocarbonyl (C=S) groups is 1. The fourth-order valence-corrected chi connectivity index (χ4v) is 3.69. The Morgan fingerprint density at radius 1 is 1.00 bits per heavy atom. The van der Waals surface area contributed by atoms with Crippen LogP contribution in [0.5, 0.6) is 11.5 Å². The highest BCUT2D eigenvalue weighted by Gasteiger charge is 2.31. The summed E-state index contributed by atoms with van der Waals surface area (Å²) in [5, 5.41) is 3.38. The number of carbonyl (C=O) groups excluding carboxylic acids is 1. The van der Waals surface area contributed by atoms with Gasteiger partial charge in [0.05, 0.1) is 12.8 Å². The number of hydrogen-bond donors (Lipinski definition) is 1. The SMILES string of the molecule is COc1ccc(/C=C2/NC(=S)N(c3ccccc3)C2=O)cc1COc1ccccc1C. The number of ether oxygens (including phenoxy) is 2. The number of nitrogens with one attached hydrogen (secondary N) is 1. The van der Waals surface area contributed by atoms with Crippen molar-refractivity contribution in [2.24, 2.45) is 0 Å². The van der Waals surface area contributed by atoms with Crippen LogP contribution < -0.4 is 19.7 Å². The Balaban J connectivity index is 1.58. The maximum absolute atomic E-state index is 12.9. The van der Waals surface area contributed by atoms with Crippen LogP contribution in [0.2, 0.25) is 0 Å². The third-order valence-electron chi connectivity index (χ3n) is 4.98. The fraction of sp³-hybridized carbons (Fsp3) is 0.120. The van der Waals surface area contributed by atoms with Crippen LogP contribution in [0.4, 0.5) is 5.69 Å². The number of anilines is 1. The van der Waals surface area contributed by atoms with Crippen molar-refractivity contribution in [3.63, 3.8) is 0 Å². The van der Waals surface area contributed by atoms with Gasteiger partial charge >= 0.3 is 0 Å². The monoisotopic (exact) mass is 430 g/mol. The number of para-hydroxylation sites is 2. The lowest BCUT2D eigenvalue weighted by molar-refractivity contribution is -0.113. The van der Waals surface area contributed by atoms with Crippen molar-refractivity contribution < 1.29 is 14.3 Å². The summed E-state index contributed by atoms with van der Waals surface area (Å²) in [5.41, 5.74) is 3.95. The molecule has 4 rings (SSSR count). The molecule has 1 aliphatic heterocycles. The van der Waals surface area contributed by atoms with Crippen molar-refractivity contribution in [3.05, 3.63) is 95.2 Å². The van der Waals surface area contributed by atoms with Gasteiger partial charge in [0.1, 0.15) is 23.8 Å². The molecule has 0 aliphatic carbocycles. The molecular formula is C25H22N2O3S. The Labute approximate surface area is 186 Å². The minimum Gasteiger partial charge on any atom is -0.496 e. The third-order valence-corrected chi connectivity index (χ3v) is 5.27. The predicted molar refractivity (Wildman–Crippen MR) is 126 cm³/mol. The molecule has 1 heterocycles. The zero-order valence-electron chi connectivity index (χ0n) is 17.3. The Hall–Kier alpha value is -3.64. The van der Waals surface area contributed by atoms with Crippen LogP contribution in [-0.4, -0.2) is 18.1 Å². The van der Waals surface area contributed by atoms with E-state index in [1.165, 1.54) is 4.90 Å². The lowest BCUT2D eigenvalue weighted by Gasteiger charge is -2.13. The molecule has 0 aromatic heterocycles. The van der Waals surface area contributed by atoms with E-state index in [0.717, 1.165) is 33.9 Å². The molecule has 1 saturated heterocycles. The summed E-state index contributed by atoms with van der Waals surface area (Å²) in [5.74, 6) is 1.36. The molecular weight excluding hydrogens is 408 g/mol. The van der Waals surface area contributed by atoms with Crippen molar-refractivity contribution in [3.8, 4) is 11.5 Å². The maximum Gasteiger partial charge on any atom is 0.281 e. The molecule has 31 heavy (non-hydrogen) atoms. The first-order chi connectivity index (χ1) is 15.1. The van der Waals surface area contributed by atoms with Crippen molar-refractivity contribution in [2.45, 2.75) is 13.5 Å². The molecule has 0 saturated carbocycles. The molecule has 1 aliphatic rings. The van der Waals surface area contributed by atoms with E-state index >= 15 is 0 Å². The summed E-state index contributed by atoms with van der Waals surface area (Å²) in [6, 6.07) is 22.9. The van der Waals surface area contributed by atoms with E-state index in [2.05, 4.69) is 5.32 Å². The van der Waals surface area contributed by atoms with Crippen LogP contribution in [0.15, 0.2) is 78.5 Å². The lowest BCUT2D eigenvalue weighted by Crippen LogP contribution is -2.30. The Kier molecular flexibility index (Phi) is 6.00. The molecule has 3 aromatic carbocycles. The summed E-state index contributed by atoms with van der Waals surface area (Å²) in [7, 11) is 1.63. The number of methoxy groups -OCH3 is 1. The van der Waals surface area contributed by atoms with E-state index in [1.54, 1.807) is 13.2 Å². The number of amides is 1. The van der Waals surface area contributed by atoms with E-state index in [4.69, 9.17) is 21.7 Å². The second kappa shape index (κ2) is 9.02. The van der Waals surface area contributed by atoms with Gasteiger partial charge in [-0.25, -0.2) is 0 Å². The van der Waals surface area contributed by atoms with Gasteiger partial charge in [0.15, 0.2) is 5.11 Å². The molecule has 5 nitrogen and oxygen atoms in total. The van der Waals surface area contributed by atoms with Gasteiger partial charge < -0.3 is 14.8 Å². The topological polar surface area (TPSA) is 50.8 Å². The molecule has 3 aromatic rings. The van der Waals surface area contributed by atoms with Crippen LogP contribution in [0, 0.1) is 6.92 Å².